The smallest absolute Gasteiger partial charge is 0.254 e. The van der Waals surface area contributed by atoms with Gasteiger partial charge in [-0.1, -0.05) is 0 Å². The maximum atomic E-state index is 5.35. The second-order valence-corrected chi connectivity index (χ2v) is 3.85. The third-order valence-electron chi connectivity index (χ3n) is 2.53. The average Bonchev–Trinajstić information content (AvgIpc) is 2.75. The molecule has 2 aromatic rings. The minimum atomic E-state index is 0.628. The average molecular weight is 235 g/mol. The summed E-state index contributed by atoms with van der Waals surface area (Å²) < 4.78 is 7.08. The van der Waals surface area contributed by atoms with E-state index in [2.05, 4.69) is 20.0 Å². The Bertz CT molecular complexity index is 496. The van der Waals surface area contributed by atoms with Crippen LogP contribution in [0.2, 0.25) is 0 Å². The molecule has 0 saturated carbocycles. The molecule has 0 spiro atoms. The van der Waals surface area contributed by atoms with Gasteiger partial charge in [0, 0.05) is 32.0 Å². The first-order valence-electron chi connectivity index (χ1n) is 5.68. The van der Waals surface area contributed by atoms with E-state index in [1.807, 2.05) is 27.0 Å². The Morgan fingerprint density at radius 1 is 1.47 bits per heavy atom. The molecule has 0 N–H and O–H groups in total. The Morgan fingerprint density at radius 2 is 2.29 bits per heavy atom. The summed E-state index contributed by atoms with van der Waals surface area (Å²) >= 11 is 0. The van der Waals surface area contributed by atoms with Gasteiger partial charge < -0.3 is 9.64 Å². The molecule has 0 aliphatic carbocycles. The molecule has 6 heteroatoms. The molecular formula is C11H17N5O. The molecule has 2 rings (SSSR count). The predicted molar refractivity (Wildman–Crippen MR) is 65.3 cm³/mol. The highest BCUT2D eigenvalue weighted by atomic mass is 16.5. The van der Waals surface area contributed by atoms with Crippen LogP contribution >= 0.6 is 0 Å². The van der Waals surface area contributed by atoms with Crippen LogP contribution in [0.5, 0.6) is 0 Å². The van der Waals surface area contributed by atoms with Crippen LogP contribution in [0.1, 0.15) is 12.6 Å². The van der Waals surface area contributed by atoms with Crippen LogP contribution in [0.4, 0.5) is 5.82 Å². The Labute approximate surface area is 100 Å². The van der Waals surface area contributed by atoms with Gasteiger partial charge in [-0.05, 0) is 13.8 Å². The number of aromatic nitrogens is 4. The van der Waals surface area contributed by atoms with Crippen molar-refractivity contribution < 1.29 is 4.74 Å². The molecule has 0 radical (unpaired) electrons. The van der Waals surface area contributed by atoms with E-state index < -0.39 is 0 Å². The van der Waals surface area contributed by atoms with Crippen molar-refractivity contribution in [2.24, 2.45) is 0 Å². The Morgan fingerprint density at radius 3 is 3.06 bits per heavy atom. The van der Waals surface area contributed by atoms with E-state index in [0.717, 1.165) is 24.7 Å². The second-order valence-electron chi connectivity index (χ2n) is 3.85. The van der Waals surface area contributed by atoms with Crippen molar-refractivity contribution in [1.82, 2.24) is 19.6 Å². The zero-order valence-corrected chi connectivity index (χ0v) is 10.4. The first-order valence-corrected chi connectivity index (χ1v) is 5.68. The monoisotopic (exact) mass is 235 g/mol. The Balaban J connectivity index is 2.24. The summed E-state index contributed by atoms with van der Waals surface area (Å²) in [6.07, 6.45) is 1.52. The summed E-state index contributed by atoms with van der Waals surface area (Å²) in [7, 11) is 2.01. The SMILES string of the molecule is CCOCCN(C)c1cc(C)nc2ncnn12. The van der Waals surface area contributed by atoms with Gasteiger partial charge in [-0.3, -0.25) is 0 Å². The maximum absolute atomic E-state index is 5.35. The summed E-state index contributed by atoms with van der Waals surface area (Å²) in [5, 5.41) is 4.17. The molecule has 2 heterocycles. The molecule has 0 bridgehead atoms. The minimum Gasteiger partial charge on any atom is -0.380 e. The molecule has 0 atom stereocenters. The molecule has 17 heavy (non-hydrogen) atoms. The highest BCUT2D eigenvalue weighted by Gasteiger charge is 2.09. The van der Waals surface area contributed by atoms with Crippen LogP contribution in [-0.4, -0.2) is 46.4 Å². The molecule has 0 aromatic carbocycles. The lowest BCUT2D eigenvalue weighted by Crippen LogP contribution is -2.25. The fraction of sp³-hybridized carbons (Fsp3) is 0.545. The number of likely N-dealkylation sites (N-methyl/N-ethyl adjacent to an activating group) is 1. The summed E-state index contributed by atoms with van der Waals surface area (Å²) in [4.78, 5) is 10.5. The van der Waals surface area contributed by atoms with Crippen molar-refractivity contribution in [3.8, 4) is 0 Å². The second kappa shape index (κ2) is 5.09. The van der Waals surface area contributed by atoms with Crippen LogP contribution < -0.4 is 4.90 Å². The minimum absolute atomic E-state index is 0.628. The lowest BCUT2D eigenvalue weighted by atomic mass is 10.4. The number of hydrogen-bond donors (Lipinski definition) is 0. The van der Waals surface area contributed by atoms with Gasteiger partial charge in [-0.2, -0.15) is 14.6 Å². The number of anilines is 1. The first kappa shape index (κ1) is 11.8. The van der Waals surface area contributed by atoms with Crippen LogP contribution in [-0.2, 0) is 4.74 Å². The predicted octanol–water partition coefficient (Wildman–Crippen LogP) is 0.905. The molecule has 0 aliphatic heterocycles. The number of fused-ring (bicyclic) bond motifs is 1. The molecule has 0 unspecified atom stereocenters. The summed E-state index contributed by atoms with van der Waals surface area (Å²) in [6, 6.07) is 1.99. The van der Waals surface area contributed by atoms with E-state index in [0.29, 0.717) is 12.4 Å². The Hall–Kier alpha value is -1.69. The van der Waals surface area contributed by atoms with Gasteiger partial charge in [-0.15, -0.1) is 0 Å². The first-order chi connectivity index (χ1) is 8.22. The summed E-state index contributed by atoms with van der Waals surface area (Å²) in [5.74, 6) is 1.60. The van der Waals surface area contributed by atoms with Gasteiger partial charge in [0.25, 0.3) is 5.78 Å². The number of rotatable bonds is 5. The van der Waals surface area contributed by atoms with Gasteiger partial charge >= 0.3 is 0 Å². The molecule has 0 aliphatic rings. The number of ether oxygens (including phenoxy) is 1. The maximum Gasteiger partial charge on any atom is 0.254 e. The lowest BCUT2D eigenvalue weighted by Gasteiger charge is -2.19. The quantitative estimate of drug-likeness (QED) is 0.721. The fourth-order valence-corrected chi connectivity index (χ4v) is 1.64. The van der Waals surface area contributed by atoms with Gasteiger partial charge in [-0.25, -0.2) is 4.98 Å². The third-order valence-corrected chi connectivity index (χ3v) is 2.53. The number of aryl methyl sites for hydroxylation is 1. The summed E-state index contributed by atoms with van der Waals surface area (Å²) in [5.41, 5.74) is 0.934. The van der Waals surface area contributed by atoms with Gasteiger partial charge in [0.15, 0.2) is 0 Å². The normalized spacial score (nSPS) is 11.0. The van der Waals surface area contributed by atoms with Crippen LogP contribution in [0.3, 0.4) is 0 Å². The van der Waals surface area contributed by atoms with Crippen molar-refractivity contribution in [2.75, 3.05) is 31.7 Å². The zero-order chi connectivity index (χ0) is 12.3. The van der Waals surface area contributed by atoms with Crippen molar-refractivity contribution in [2.45, 2.75) is 13.8 Å². The number of nitrogens with zero attached hydrogens (tertiary/aromatic N) is 5. The molecule has 6 nitrogen and oxygen atoms in total. The van der Waals surface area contributed by atoms with Crippen molar-refractivity contribution in [1.29, 1.82) is 0 Å². The topological polar surface area (TPSA) is 55.5 Å². The van der Waals surface area contributed by atoms with Crippen molar-refractivity contribution in [3.05, 3.63) is 18.1 Å². The van der Waals surface area contributed by atoms with E-state index in [1.165, 1.54) is 6.33 Å². The van der Waals surface area contributed by atoms with Gasteiger partial charge in [0.05, 0.1) is 6.61 Å². The molecule has 0 saturated heterocycles. The molecule has 0 fully saturated rings. The van der Waals surface area contributed by atoms with Gasteiger partial charge in [0.1, 0.15) is 12.1 Å². The zero-order valence-electron chi connectivity index (χ0n) is 10.4. The standard InChI is InChI=1S/C11H17N5O/c1-4-17-6-5-15(3)10-7-9(2)14-11-12-8-13-16(10)11/h7-8H,4-6H2,1-3H3. The van der Waals surface area contributed by atoms with Crippen LogP contribution in [0.25, 0.3) is 5.78 Å². The van der Waals surface area contributed by atoms with Crippen molar-refractivity contribution in [3.63, 3.8) is 0 Å². The highest BCUT2D eigenvalue weighted by Crippen LogP contribution is 2.13. The lowest BCUT2D eigenvalue weighted by molar-refractivity contribution is 0.154. The van der Waals surface area contributed by atoms with E-state index in [4.69, 9.17) is 4.74 Å². The molecule has 2 aromatic heterocycles. The van der Waals surface area contributed by atoms with Crippen molar-refractivity contribution >= 4 is 11.6 Å². The highest BCUT2D eigenvalue weighted by molar-refractivity contribution is 5.46. The molecular weight excluding hydrogens is 218 g/mol. The Kier molecular flexibility index (Phi) is 3.53. The number of hydrogen-bond acceptors (Lipinski definition) is 5. The summed E-state index contributed by atoms with van der Waals surface area (Å²) in [6.45, 7) is 6.19. The third kappa shape index (κ3) is 2.52. The largest absolute Gasteiger partial charge is 0.380 e. The van der Waals surface area contributed by atoms with E-state index in [1.54, 1.807) is 4.52 Å². The fourth-order valence-electron chi connectivity index (χ4n) is 1.64. The van der Waals surface area contributed by atoms with E-state index in [-0.39, 0.29) is 0 Å². The van der Waals surface area contributed by atoms with Crippen LogP contribution in [0.15, 0.2) is 12.4 Å². The molecule has 92 valence electrons. The van der Waals surface area contributed by atoms with E-state index >= 15 is 0 Å². The van der Waals surface area contributed by atoms with Crippen LogP contribution in [0, 0.1) is 6.92 Å². The van der Waals surface area contributed by atoms with E-state index in [9.17, 15) is 0 Å². The van der Waals surface area contributed by atoms with Gasteiger partial charge in [0.2, 0.25) is 0 Å². The molecule has 0 amide bonds.